The van der Waals surface area contributed by atoms with E-state index in [1.165, 1.54) is 0 Å². The fraction of sp³-hybridized carbons (Fsp3) is 0.222. The van der Waals surface area contributed by atoms with Gasteiger partial charge in [0.15, 0.2) is 0 Å². The molecule has 0 aromatic heterocycles. The van der Waals surface area contributed by atoms with Gasteiger partial charge in [-0.05, 0) is 29.3 Å². The number of thioether (sulfide) groups is 1. The van der Waals surface area contributed by atoms with E-state index in [4.69, 9.17) is 11.6 Å². The first-order valence-corrected chi connectivity index (χ1v) is 9.13. The van der Waals surface area contributed by atoms with Crippen molar-refractivity contribution in [3.05, 3.63) is 70.2 Å². The molecule has 2 atom stereocenters. The Morgan fingerprint density at radius 2 is 1.96 bits per heavy atom. The number of rotatable bonds is 3. The van der Waals surface area contributed by atoms with Crippen LogP contribution in [0.4, 0.5) is 0 Å². The fourth-order valence-corrected chi connectivity index (χ4v) is 4.74. The van der Waals surface area contributed by atoms with Crippen LogP contribution in [0, 0.1) is 0 Å². The molecule has 2 aliphatic rings. The summed E-state index contributed by atoms with van der Waals surface area (Å²) in [6.07, 6.45) is 0. The summed E-state index contributed by atoms with van der Waals surface area (Å²) < 4.78 is 0. The van der Waals surface area contributed by atoms with Crippen LogP contribution in [0.25, 0.3) is 0 Å². The third-order valence-electron chi connectivity index (χ3n) is 4.37. The summed E-state index contributed by atoms with van der Waals surface area (Å²) in [5.74, 6) is 0.463. The van der Waals surface area contributed by atoms with Gasteiger partial charge in [-0.2, -0.15) is 0 Å². The van der Waals surface area contributed by atoms with Crippen molar-refractivity contribution in [2.75, 3.05) is 5.75 Å². The van der Waals surface area contributed by atoms with Crippen molar-refractivity contribution in [3.63, 3.8) is 0 Å². The lowest BCUT2D eigenvalue weighted by Gasteiger charge is -2.22. The molecule has 0 radical (unpaired) electrons. The quantitative estimate of drug-likeness (QED) is 0.916. The summed E-state index contributed by atoms with van der Waals surface area (Å²) in [5, 5.41) is 3.56. The molecule has 4 rings (SSSR count). The van der Waals surface area contributed by atoms with Crippen molar-refractivity contribution in [3.8, 4) is 0 Å². The van der Waals surface area contributed by atoms with E-state index < -0.39 is 6.04 Å². The standard InChI is InChI=1S/C18H15ClN2O2S/c19-12-7-5-11(6-8-12)9-20-16(22)15-10-24-18-14-4-2-1-3-13(14)17(23)21(15)18/h1-8,15,18H,9-10H2,(H,20,22)/t15-,18-/m1/s1. The zero-order chi connectivity index (χ0) is 16.7. The molecule has 4 nitrogen and oxygen atoms in total. The smallest absolute Gasteiger partial charge is 0.256 e. The summed E-state index contributed by atoms with van der Waals surface area (Å²) >= 11 is 7.51. The second-order valence-corrected chi connectivity index (χ2v) is 7.40. The number of nitrogens with one attached hydrogen (secondary N) is 1. The van der Waals surface area contributed by atoms with Crippen molar-refractivity contribution in [2.45, 2.75) is 18.0 Å². The molecule has 1 N–H and O–H groups in total. The van der Waals surface area contributed by atoms with E-state index in [9.17, 15) is 9.59 Å². The zero-order valence-electron chi connectivity index (χ0n) is 12.7. The van der Waals surface area contributed by atoms with Crippen molar-refractivity contribution in [1.82, 2.24) is 10.2 Å². The molecule has 2 aromatic rings. The van der Waals surface area contributed by atoms with E-state index in [2.05, 4.69) is 5.32 Å². The number of carbonyl (C=O) groups excluding carboxylic acids is 2. The molecular weight excluding hydrogens is 344 g/mol. The lowest BCUT2D eigenvalue weighted by atomic mass is 10.1. The molecule has 2 aliphatic heterocycles. The monoisotopic (exact) mass is 358 g/mol. The molecule has 0 bridgehead atoms. The highest BCUT2D eigenvalue weighted by molar-refractivity contribution is 7.99. The van der Waals surface area contributed by atoms with Crippen LogP contribution in [0.3, 0.4) is 0 Å². The maximum Gasteiger partial charge on any atom is 0.256 e. The molecule has 0 unspecified atom stereocenters. The summed E-state index contributed by atoms with van der Waals surface area (Å²) in [4.78, 5) is 26.9. The summed E-state index contributed by atoms with van der Waals surface area (Å²) in [5.41, 5.74) is 2.71. The summed E-state index contributed by atoms with van der Waals surface area (Å²) in [7, 11) is 0. The normalized spacial score (nSPS) is 21.5. The average molecular weight is 359 g/mol. The van der Waals surface area contributed by atoms with Gasteiger partial charge >= 0.3 is 0 Å². The van der Waals surface area contributed by atoms with Crippen LogP contribution in [-0.4, -0.2) is 28.5 Å². The predicted molar refractivity (Wildman–Crippen MR) is 94.9 cm³/mol. The third kappa shape index (κ3) is 2.58. The van der Waals surface area contributed by atoms with Crippen molar-refractivity contribution < 1.29 is 9.59 Å². The second kappa shape index (κ2) is 6.15. The number of amides is 2. The molecule has 1 fully saturated rings. The van der Waals surface area contributed by atoms with Gasteiger partial charge in [0.25, 0.3) is 5.91 Å². The first kappa shape index (κ1) is 15.5. The molecule has 6 heteroatoms. The summed E-state index contributed by atoms with van der Waals surface area (Å²) in [6.45, 7) is 0.427. The van der Waals surface area contributed by atoms with Gasteiger partial charge in [-0.25, -0.2) is 0 Å². The first-order chi connectivity index (χ1) is 11.6. The third-order valence-corrected chi connectivity index (χ3v) is 5.93. The van der Waals surface area contributed by atoms with Gasteiger partial charge in [-0.1, -0.05) is 41.9 Å². The Bertz CT molecular complexity index is 809. The van der Waals surface area contributed by atoms with Crippen LogP contribution in [0.15, 0.2) is 48.5 Å². The zero-order valence-corrected chi connectivity index (χ0v) is 14.3. The average Bonchev–Trinajstić information content (AvgIpc) is 3.15. The van der Waals surface area contributed by atoms with Gasteiger partial charge in [0.2, 0.25) is 5.91 Å². The molecule has 0 saturated carbocycles. The highest BCUT2D eigenvalue weighted by atomic mass is 35.5. The number of fused-ring (bicyclic) bond motifs is 3. The Balaban J connectivity index is 1.47. The van der Waals surface area contributed by atoms with Crippen LogP contribution in [0.2, 0.25) is 5.02 Å². The number of hydrogen-bond acceptors (Lipinski definition) is 3. The Hall–Kier alpha value is -1.98. The van der Waals surface area contributed by atoms with Gasteiger partial charge in [-0.15, -0.1) is 11.8 Å². The number of halogens is 1. The molecule has 2 heterocycles. The Labute approximate surface area is 149 Å². The van der Waals surface area contributed by atoms with E-state index in [-0.39, 0.29) is 17.2 Å². The first-order valence-electron chi connectivity index (χ1n) is 7.70. The molecule has 2 aromatic carbocycles. The van der Waals surface area contributed by atoms with Crippen LogP contribution in [0.1, 0.15) is 26.9 Å². The van der Waals surface area contributed by atoms with E-state index in [0.717, 1.165) is 11.1 Å². The van der Waals surface area contributed by atoms with Crippen LogP contribution in [0.5, 0.6) is 0 Å². The van der Waals surface area contributed by atoms with Crippen molar-refractivity contribution >= 4 is 35.2 Å². The highest BCUT2D eigenvalue weighted by Crippen LogP contribution is 2.47. The summed E-state index contributed by atoms with van der Waals surface area (Å²) in [6, 6.07) is 14.5. The largest absolute Gasteiger partial charge is 0.350 e. The second-order valence-electron chi connectivity index (χ2n) is 5.85. The molecule has 0 aliphatic carbocycles. The van der Waals surface area contributed by atoms with Crippen LogP contribution in [-0.2, 0) is 11.3 Å². The number of nitrogens with zero attached hydrogens (tertiary/aromatic N) is 1. The molecule has 122 valence electrons. The van der Waals surface area contributed by atoms with Gasteiger partial charge in [0.1, 0.15) is 11.4 Å². The van der Waals surface area contributed by atoms with E-state index in [0.29, 0.717) is 22.9 Å². The molecule has 1 saturated heterocycles. The predicted octanol–water partition coefficient (Wildman–Crippen LogP) is 3.23. The van der Waals surface area contributed by atoms with Gasteiger partial charge in [-0.3, -0.25) is 9.59 Å². The van der Waals surface area contributed by atoms with E-state index in [1.807, 2.05) is 36.4 Å². The van der Waals surface area contributed by atoms with Gasteiger partial charge < -0.3 is 10.2 Å². The maximum atomic E-state index is 12.6. The Morgan fingerprint density at radius 1 is 1.21 bits per heavy atom. The maximum absolute atomic E-state index is 12.6. The minimum atomic E-state index is -0.424. The molecule has 2 amide bonds. The number of hydrogen-bond donors (Lipinski definition) is 1. The van der Waals surface area contributed by atoms with E-state index >= 15 is 0 Å². The van der Waals surface area contributed by atoms with Crippen LogP contribution < -0.4 is 5.32 Å². The minimum Gasteiger partial charge on any atom is -0.350 e. The Kier molecular flexibility index (Phi) is 3.98. The lowest BCUT2D eigenvalue weighted by Crippen LogP contribution is -2.45. The number of benzene rings is 2. The minimum absolute atomic E-state index is 0.0417. The van der Waals surface area contributed by atoms with Gasteiger partial charge in [0, 0.05) is 22.9 Å². The van der Waals surface area contributed by atoms with Crippen molar-refractivity contribution in [1.29, 1.82) is 0 Å². The van der Waals surface area contributed by atoms with Crippen LogP contribution >= 0.6 is 23.4 Å². The topological polar surface area (TPSA) is 49.4 Å². The van der Waals surface area contributed by atoms with E-state index in [1.54, 1.807) is 28.8 Å². The van der Waals surface area contributed by atoms with Gasteiger partial charge in [0.05, 0.1) is 0 Å². The molecule has 0 spiro atoms. The fourth-order valence-electron chi connectivity index (χ4n) is 3.15. The SMILES string of the molecule is O=C(NCc1ccc(Cl)cc1)[C@H]1CS[C@@H]2c3ccccc3C(=O)N12. The molecule has 24 heavy (non-hydrogen) atoms. The highest BCUT2D eigenvalue weighted by Gasteiger charge is 2.48. The van der Waals surface area contributed by atoms with Crippen molar-refractivity contribution in [2.24, 2.45) is 0 Å². The lowest BCUT2D eigenvalue weighted by molar-refractivity contribution is -0.124. The Morgan fingerprint density at radius 3 is 2.75 bits per heavy atom. The molecular formula is C18H15ClN2O2S. The number of carbonyl (C=O) groups is 2.